The summed E-state index contributed by atoms with van der Waals surface area (Å²) >= 11 is 0. The number of carbonyl (C=O) groups excluding carboxylic acids is 1. The Labute approximate surface area is 132 Å². The Balaban J connectivity index is 1.78. The molecule has 0 bridgehead atoms. The quantitative estimate of drug-likeness (QED) is 0.750. The van der Waals surface area contributed by atoms with E-state index in [9.17, 15) is 4.79 Å². The Morgan fingerprint density at radius 1 is 1.35 bits per heavy atom. The zero-order valence-corrected chi connectivity index (χ0v) is 12.8. The molecule has 0 unspecified atom stereocenters. The van der Waals surface area contributed by atoms with Gasteiger partial charge >= 0.3 is 0 Å². The molecule has 3 rings (SSSR count). The molecular formula is C15H16N6O2. The molecular weight excluding hydrogens is 296 g/mol. The third kappa shape index (κ3) is 3.37. The van der Waals surface area contributed by atoms with Gasteiger partial charge in [-0.2, -0.15) is 5.10 Å². The lowest BCUT2D eigenvalue weighted by Gasteiger charge is -2.05. The number of nitrogens with one attached hydrogen (secondary N) is 1. The number of rotatable bonds is 4. The van der Waals surface area contributed by atoms with Crippen LogP contribution in [0.25, 0.3) is 11.5 Å². The van der Waals surface area contributed by atoms with E-state index in [-0.39, 0.29) is 17.5 Å². The van der Waals surface area contributed by atoms with Crippen LogP contribution in [0.4, 0.5) is 5.95 Å². The molecule has 0 spiro atoms. The van der Waals surface area contributed by atoms with E-state index in [1.165, 1.54) is 0 Å². The van der Waals surface area contributed by atoms with Crippen molar-refractivity contribution in [1.82, 2.24) is 25.1 Å². The molecule has 3 heterocycles. The van der Waals surface area contributed by atoms with Gasteiger partial charge < -0.3 is 15.5 Å². The highest BCUT2D eigenvalue weighted by atomic mass is 16.3. The minimum Gasteiger partial charge on any atom is -0.460 e. The van der Waals surface area contributed by atoms with Crippen LogP contribution in [0.2, 0.25) is 0 Å². The first-order chi connectivity index (χ1) is 11.0. The first kappa shape index (κ1) is 14.8. The molecule has 0 aliphatic rings. The number of aryl methyl sites for hydroxylation is 2. The van der Waals surface area contributed by atoms with E-state index in [0.29, 0.717) is 18.0 Å². The summed E-state index contributed by atoms with van der Waals surface area (Å²) in [5, 5.41) is 6.94. The van der Waals surface area contributed by atoms with Gasteiger partial charge in [0, 0.05) is 13.2 Å². The topological polar surface area (TPSA) is 112 Å². The maximum atomic E-state index is 12.2. The van der Waals surface area contributed by atoms with E-state index in [2.05, 4.69) is 20.4 Å². The number of nitrogens with two attached hydrogens (primary N) is 1. The predicted molar refractivity (Wildman–Crippen MR) is 83.3 cm³/mol. The van der Waals surface area contributed by atoms with E-state index in [1.807, 2.05) is 32.3 Å². The zero-order valence-electron chi connectivity index (χ0n) is 12.8. The molecule has 23 heavy (non-hydrogen) atoms. The predicted octanol–water partition coefficient (Wildman–Crippen LogP) is 1.29. The number of nitrogen functional groups attached to an aromatic ring is 1. The van der Waals surface area contributed by atoms with Crippen LogP contribution in [0.3, 0.4) is 0 Å². The highest BCUT2D eigenvalue weighted by Crippen LogP contribution is 2.21. The third-order valence-corrected chi connectivity index (χ3v) is 3.17. The maximum absolute atomic E-state index is 12.2. The molecule has 0 aliphatic heterocycles. The molecule has 3 N–H and O–H groups in total. The van der Waals surface area contributed by atoms with Gasteiger partial charge in [-0.05, 0) is 31.2 Å². The lowest BCUT2D eigenvalue weighted by molar-refractivity contribution is 0.0945. The van der Waals surface area contributed by atoms with Crippen molar-refractivity contribution in [1.29, 1.82) is 0 Å². The molecule has 0 saturated heterocycles. The van der Waals surface area contributed by atoms with Crippen molar-refractivity contribution in [3.05, 3.63) is 47.6 Å². The third-order valence-electron chi connectivity index (χ3n) is 3.17. The van der Waals surface area contributed by atoms with Crippen molar-refractivity contribution in [2.75, 3.05) is 5.73 Å². The van der Waals surface area contributed by atoms with Crippen LogP contribution in [0.1, 0.15) is 21.9 Å². The van der Waals surface area contributed by atoms with Gasteiger partial charge in [-0.15, -0.1) is 0 Å². The Morgan fingerprint density at radius 3 is 2.83 bits per heavy atom. The summed E-state index contributed by atoms with van der Waals surface area (Å²) in [6.07, 6.45) is 1.81. The Hall–Kier alpha value is -3.16. The lowest BCUT2D eigenvalue weighted by Crippen LogP contribution is -2.24. The second kappa shape index (κ2) is 5.91. The minimum atomic E-state index is -0.353. The second-order valence-corrected chi connectivity index (χ2v) is 5.07. The number of amides is 1. The van der Waals surface area contributed by atoms with Gasteiger partial charge in [0.1, 0.15) is 17.1 Å². The molecule has 0 saturated carbocycles. The summed E-state index contributed by atoms with van der Waals surface area (Å²) in [7, 11) is 1.81. The molecule has 0 fully saturated rings. The number of nitrogens with zero attached hydrogens (tertiary/aromatic N) is 4. The van der Waals surface area contributed by atoms with Crippen molar-refractivity contribution < 1.29 is 9.21 Å². The fourth-order valence-electron chi connectivity index (χ4n) is 2.10. The molecule has 8 heteroatoms. The first-order valence-corrected chi connectivity index (χ1v) is 6.99. The van der Waals surface area contributed by atoms with Gasteiger partial charge in [0.15, 0.2) is 5.76 Å². The van der Waals surface area contributed by atoms with E-state index >= 15 is 0 Å². The number of carbonyl (C=O) groups is 1. The summed E-state index contributed by atoms with van der Waals surface area (Å²) in [5.41, 5.74) is 7.09. The number of furan rings is 1. The largest absolute Gasteiger partial charge is 0.460 e. The SMILES string of the molecule is Cc1ccc(-c2cc(C(=O)NCc3ccn(C)n3)nc(N)n2)o1. The van der Waals surface area contributed by atoms with E-state index < -0.39 is 0 Å². The number of hydrogen-bond donors (Lipinski definition) is 2. The summed E-state index contributed by atoms with van der Waals surface area (Å²) in [4.78, 5) is 20.3. The van der Waals surface area contributed by atoms with Gasteiger partial charge in [-0.25, -0.2) is 9.97 Å². The van der Waals surface area contributed by atoms with Crippen LogP contribution >= 0.6 is 0 Å². The highest BCUT2D eigenvalue weighted by molar-refractivity contribution is 5.93. The fourth-order valence-corrected chi connectivity index (χ4v) is 2.10. The van der Waals surface area contributed by atoms with Crippen LogP contribution in [0.5, 0.6) is 0 Å². The highest BCUT2D eigenvalue weighted by Gasteiger charge is 2.14. The summed E-state index contributed by atoms with van der Waals surface area (Å²) < 4.78 is 7.17. The molecule has 3 aromatic rings. The van der Waals surface area contributed by atoms with Gasteiger partial charge in [-0.1, -0.05) is 0 Å². The number of anilines is 1. The molecule has 0 aromatic carbocycles. The van der Waals surface area contributed by atoms with Crippen LogP contribution in [0, 0.1) is 6.92 Å². The molecule has 118 valence electrons. The van der Waals surface area contributed by atoms with Gasteiger partial charge in [-0.3, -0.25) is 9.48 Å². The van der Waals surface area contributed by atoms with Crippen molar-refractivity contribution in [3.63, 3.8) is 0 Å². The fraction of sp³-hybridized carbons (Fsp3) is 0.200. The molecule has 0 aliphatic carbocycles. The van der Waals surface area contributed by atoms with Gasteiger partial charge in [0.2, 0.25) is 5.95 Å². The average Bonchev–Trinajstić information content (AvgIpc) is 3.12. The van der Waals surface area contributed by atoms with Gasteiger partial charge in [0.25, 0.3) is 5.91 Å². The monoisotopic (exact) mass is 312 g/mol. The molecule has 1 amide bonds. The molecule has 3 aromatic heterocycles. The standard InChI is InChI=1S/C15H16N6O2/c1-9-3-4-13(23-9)11-7-12(19-15(16)18-11)14(22)17-8-10-5-6-21(2)20-10/h3-7H,8H2,1-2H3,(H,17,22)(H2,16,18,19). The maximum Gasteiger partial charge on any atom is 0.270 e. The Kier molecular flexibility index (Phi) is 3.80. The van der Waals surface area contributed by atoms with Crippen LogP contribution in [0.15, 0.2) is 34.9 Å². The van der Waals surface area contributed by atoms with Crippen LogP contribution < -0.4 is 11.1 Å². The zero-order chi connectivity index (χ0) is 16.4. The van der Waals surface area contributed by atoms with Crippen molar-refractivity contribution in [2.24, 2.45) is 7.05 Å². The van der Waals surface area contributed by atoms with E-state index in [1.54, 1.807) is 16.8 Å². The minimum absolute atomic E-state index is 0.0135. The normalized spacial score (nSPS) is 10.7. The summed E-state index contributed by atoms with van der Waals surface area (Å²) in [5.74, 6) is 0.947. The average molecular weight is 312 g/mol. The Bertz CT molecular complexity index is 851. The van der Waals surface area contributed by atoms with E-state index in [4.69, 9.17) is 10.2 Å². The first-order valence-electron chi connectivity index (χ1n) is 6.99. The Morgan fingerprint density at radius 2 is 2.17 bits per heavy atom. The van der Waals surface area contributed by atoms with Gasteiger partial charge in [0.05, 0.1) is 12.2 Å². The van der Waals surface area contributed by atoms with Crippen molar-refractivity contribution in [3.8, 4) is 11.5 Å². The summed E-state index contributed by atoms with van der Waals surface area (Å²) in [6, 6.07) is 6.95. The van der Waals surface area contributed by atoms with E-state index in [0.717, 1.165) is 11.5 Å². The second-order valence-electron chi connectivity index (χ2n) is 5.07. The number of hydrogen-bond acceptors (Lipinski definition) is 6. The van der Waals surface area contributed by atoms with Crippen molar-refractivity contribution in [2.45, 2.75) is 13.5 Å². The van der Waals surface area contributed by atoms with Crippen LogP contribution in [-0.2, 0) is 13.6 Å². The smallest absolute Gasteiger partial charge is 0.270 e. The van der Waals surface area contributed by atoms with Crippen LogP contribution in [-0.4, -0.2) is 25.7 Å². The molecule has 0 atom stereocenters. The lowest BCUT2D eigenvalue weighted by atomic mass is 10.2. The summed E-state index contributed by atoms with van der Waals surface area (Å²) in [6.45, 7) is 2.13. The van der Waals surface area contributed by atoms with Crippen molar-refractivity contribution >= 4 is 11.9 Å². The molecule has 8 nitrogen and oxygen atoms in total. The number of aromatic nitrogens is 4. The molecule has 0 radical (unpaired) electrons.